The van der Waals surface area contributed by atoms with Crippen LogP contribution in [-0.4, -0.2) is 0 Å². The van der Waals surface area contributed by atoms with Gasteiger partial charge in [0, 0.05) is 73.9 Å². The molecule has 0 spiro atoms. The first-order valence-electron chi connectivity index (χ1n) is 35.4. The Morgan fingerprint density at radius 3 is 1.05 bits per heavy atom. The molecular formula is C92H104N4+4. The van der Waals surface area contributed by atoms with Crippen molar-refractivity contribution < 1.29 is 22.4 Å². The number of hydrogen-bond donors (Lipinski definition) is 0. The summed E-state index contributed by atoms with van der Waals surface area (Å²) < 4.78 is 32.5. The number of aromatic nitrogens is 4. The second-order valence-electron chi connectivity index (χ2n) is 28.4. The van der Waals surface area contributed by atoms with Crippen LogP contribution in [0.1, 0.15) is 114 Å². The van der Waals surface area contributed by atoms with E-state index < -0.39 is 6.85 Å². The lowest BCUT2D eigenvalue weighted by molar-refractivity contribution is -0.660. The summed E-state index contributed by atoms with van der Waals surface area (Å²) in [6.07, 6.45) is 9.71. The maximum atomic E-state index is 7.91. The lowest BCUT2D eigenvalue weighted by Crippen LogP contribution is -2.32. The largest absolute Gasteiger partial charge is 0.212 e. The van der Waals surface area contributed by atoms with E-state index in [0.29, 0.717) is 5.56 Å². The molecule has 4 heteroatoms. The molecule has 0 radical (unpaired) electrons. The molecular weight excluding hydrogens is 1160 g/mol. The van der Waals surface area contributed by atoms with Crippen LogP contribution in [0.3, 0.4) is 0 Å². The molecule has 0 N–H and O–H groups in total. The van der Waals surface area contributed by atoms with Crippen molar-refractivity contribution in [3.63, 3.8) is 0 Å². The summed E-state index contributed by atoms with van der Waals surface area (Å²) in [5, 5.41) is 0. The van der Waals surface area contributed by atoms with Crippen LogP contribution < -0.4 is 18.3 Å². The van der Waals surface area contributed by atoms with Crippen molar-refractivity contribution in [1.29, 1.82) is 0 Å². The highest BCUT2D eigenvalue weighted by molar-refractivity contribution is 5.80. The van der Waals surface area contributed by atoms with Gasteiger partial charge in [-0.15, -0.1) is 0 Å². The minimum atomic E-state index is -2.15. The monoisotopic (exact) mass is 1270 g/mol. The van der Waals surface area contributed by atoms with Crippen molar-refractivity contribution in [2.24, 2.45) is 33.6 Å². The first kappa shape index (κ1) is 66.4. The van der Waals surface area contributed by atoms with Gasteiger partial charge < -0.3 is 0 Å². The first-order chi connectivity index (χ1) is 46.7. The Kier molecular flexibility index (Phi) is 21.0. The molecule has 4 aromatic heterocycles. The number of aryl methyl sites for hydroxylation is 19. The third-order valence-electron chi connectivity index (χ3n) is 18.8. The lowest BCUT2D eigenvalue weighted by atomic mass is 9.86. The molecule has 0 saturated carbocycles. The molecule has 0 unspecified atom stereocenters. The van der Waals surface area contributed by atoms with Gasteiger partial charge in [-0.2, -0.15) is 0 Å². The minimum absolute atomic E-state index is 0.275. The van der Waals surface area contributed by atoms with E-state index in [1.165, 1.54) is 145 Å². The number of nitrogens with zero attached hydrogens (tertiary/aromatic N) is 4. The van der Waals surface area contributed by atoms with E-state index in [0.717, 1.165) is 34.4 Å². The van der Waals surface area contributed by atoms with Crippen LogP contribution in [0.4, 0.5) is 0 Å². The van der Waals surface area contributed by atoms with Crippen LogP contribution in [0.25, 0.3) is 89.5 Å². The Hall–Kier alpha value is -9.64. The van der Waals surface area contributed by atoms with Gasteiger partial charge in [-0.3, -0.25) is 0 Å². The highest BCUT2D eigenvalue weighted by Gasteiger charge is 2.23. The highest BCUT2D eigenvalue weighted by atomic mass is 14.9. The van der Waals surface area contributed by atoms with Crippen LogP contribution in [0.5, 0.6) is 0 Å². The second-order valence-corrected chi connectivity index (χ2v) is 28.4. The summed E-state index contributed by atoms with van der Waals surface area (Å²) in [4.78, 5) is 0. The van der Waals surface area contributed by atoms with Gasteiger partial charge in [-0.05, 0) is 252 Å². The fourth-order valence-corrected chi connectivity index (χ4v) is 13.1. The molecule has 0 aliphatic carbocycles. The summed E-state index contributed by atoms with van der Waals surface area (Å²) in [6, 6.07) is 69.1. The van der Waals surface area contributed by atoms with Crippen molar-refractivity contribution >= 4 is 0 Å². The Balaban J connectivity index is 0.000000155. The fourth-order valence-electron chi connectivity index (χ4n) is 13.1. The summed E-state index contributed by atoms with van der Waals surface area (Å²) in [7, 11) is 8.40. The van der Waals surface area contributed by atoms with E-state index in [9.17, 15) is 0 Å². The molecule has 12 rings (SSSR count). The Labute approximate surface area is 581 Å². The second kappa shape index (κ2) is 30.4. The molecule has 488 valence electrons. The van der Waals surface area contributed by atoms with Gasteiger partial charge >= 0.3 is 0 Å². The van der Waals surface area contributed by atoms with Crippen LogP contribution in [0.15, 0.2) is 219 Å². The SMILES string of the molecule is Cc1ccc(-c2cc(-c3cc(C)c(C)c[n+]3C)c(C)cc2C)cc1.Cc1ccc(-c2cc(-c3cc(C)cc[n+]3C)c(C)cc2C)cc1.Cc1ccc(-c2cc(-c3cc(CC(C)(C)C)c(C)c[n+]3C)c(C)cc2C)cc1.[2H]C([2H])([2H])c1cc(C)c(-c2cccc[n+]2C)cc1-c1ccccc1. The molecule has 4 heterocycles. The summed E-state index contributed by atoms with van der Waals surface area (Å²) in [5.41, 5.74) is 39.5. The van der Waals surface area contributed by atoms with Gasteiger partial charge in [0.05, 0.1) is 0 Å². The van der Waals surface area contributed by atoms with Crippen LogP contribution >= 0.6 is 0 Å². The van der Waals surface area contributed by atoms with Gasteiger partial charge in [0.2, 0.25) is 22.8 Å². The molecule has 0 amide bonds. The Morgan fingerprint density at radius 2 is 0.625 bits per heavy atom. The third kappa shape index (κ3) is 17.1. The molecule has 96 heavy (non-hydrogen) atoms. The van der Waals surface area contributed by atoms with Gasteiger partial charge in [-0.25, -0.2) is 18.3 Å². The number of rotatable bonds is 9. The van der Waals surface area contributed by atoms with Gasteiger partial charge in [0.25, 0.3) is 0 Å². The topological polar surface area (TPSA) is 15.5 Å². The van der Waals surface area contributed by atoms with Crippen molar-refractivity contribution in [3.05, 3.63) is 308 Å². The van der Waals surface area contributed by atoms with Crippen molar-refractivity contribution in [2.75, 3.05) is 0 Å². The molecule has 12 aromatic rings. The van der Waals surface area contributed by atoms with E-state index in [1.54, 1.807) is 6.07 Å². The lowest BCUT2D eigenvalue weighted by Gasteiger charge is -2.20. The number of pyridine rings is 4. The zero-order valence-electron chi connectivity index (χ0n) is 64.3. The quantitative estimate of drug-likeness (QED) is 0.128. The highest BCUT2D eigenvalue weighted by Crippen LogP contribution is 2.37. The van der Waals surface area contributed by atoms with E-state index in [-0.39, 0.29) is 5.41 Å². The van der Waals surface area contributed by atoms with Gasteiger partial charge in [0.15, 0.2) is 24.8 Å². The number of hydrogen-bond acceptors (Lipinski definition) is 0. The predicted molar refractivity (Wildman–Crippen MR) is 408 cm³/mol. The normalized spacial score (nSPS) is 11.7. The molecule has 0 aliphatic heterocycles. The molecule has 4 nitrogen and oxygen atoms in total. The van der Waals surface area contributed by atoms with Gasteiger partial charge in [-0.1, -0.05) is 165 Å². The van der Waals surface area contributed by atoms with E-state index >= 15 is 0 Å². The third-order valence-corrected chi connectivity index (χ3v) is 18.8. The first-order valence-corrected chi connectivity index (χ1v) is 33.9. The molecule has 0 saturated heterocycles. The van der Waals surface area contributed by atoms with Crippen molar-refractivity contribution in [3.8, 4) is 89.5 Å². The van der Waals surface area contributed by atoms with Crippen LogP contribution in [0.2, 0.25) is 0 Å². The van der Waals surface area contributed by atoms with E-state index in [2.05, 4.69) is 298 Å². The fraction of sp³-hybridized carbons (Fsp3) is 0.261. The van der Waals surface area contributed by atoms with Crippen molar-refractivity contribution in [2.45, 2.75) is 131 Å². The average Bonchev–Trinajstić information content (AvgIpc) is 0.793. The molecule has 8 aromatic carbocycles. The Morgan fingerprint density at radius 1 is 0.271 bits per heavy atom. The minimum Gasteiger partial charge on any atom is -0.201 e. The van der Waals surface area contributed by atoms with Crippen LogP contribution in [0, 0.1) is 109 Å². The maximum absolute atomic E-state index is 7.91. The van der Waals surface area contributed by atoms with Gasteiger partial charge in [0.1, 0.15) is 28.2 Å². The molecule has 0 atom stereocenters. The zero-order valence-corrected chi connectivity index (χ0v) is 61.3. The smallest absolute Gasteiger partial charge is 0.201 e. The summed E-state index contributed by atoms with van der Waals surface area (Å²) >= 11 is 0. The summed E-state index contributed by atoms with van der Waals surface area (Å²) in [5.74, 6) is 0. The molecule has 0 fully saturated rings. The van der Waals surface area contributed by atoms with Crippen molar-refractivity contribution in [1.82, 2.24) is 0 Å². The molecule has 0 bridgehead atoms. The van der Waals surface area contributed by atoms with Crippen LogP contribution in [-0.2, 0) is 34.6 Å². The average molecular weight is 1270 g/mol. The molecule has 0 aliphatic rings. The zero-order chi connectivity index (χ0) is 71.9. The number of benzene rings is 8. The Bertz CT molecular complexity index is 4880. The van der Waals surface area contributed by atoms with E-state index in [4.69, 9.17) is 4.11 Å². The van der Waals surface area contributed by atoms with E-state index in [1.807, 2.05) is 79.3 Å². The summed E-state index contributed by atoms with van der Waals surface area (Å²) in [6.45, 7) is 35.1. The standard InChI is InChI=1S/C27H34N.C23H26N.C22H24N.C20H20N/c1-18-9-11-22(12-10-18)24-15-25(20(3)13-19(24)2)26-14-23(16-27(5,6)7)21(4)17-28(26)8;1-15-7-9-20(10-8-15)21-13-22(18(4)11-17(21)3)23-12-16(2)19(5)14-24(23)6;1-15-6-8-19(9-7-15)20-14-21(18(4)13-17(20)3)22-12-16(2)10-11-23(22)5;1-15-13-16(2)19(20-11-7-8-12-21(20)3)14-18(15)17-9-5-4-6-10-17/h9-15,17H,16H2,1-8H3;7-14H,1-6H3;6-14H,1-5H3;4-14H,1-3H3/q4*+1/i;;;1D3. The predicted octanol–water partition coefficient (Wildman–Crippen LogP) is 21.6. The maximum Gasteiger partial charge on any atom is 0.212 e.